The zero-order valence-electron chi connectivity index (χ0n) is 25.9. The molecule has 6 aliphatic rings. The number of rotatable bonds is 5. The smallest absolute Gasteiger partial charge is 0.345 e. The molecule has 3 N–H and O–H groups in total. The number of aliphatic hydroxyl groups is 3. The third-order valence-electron chi connectivity index (χ3n) is 11.2. The van der Waals surface area contributed by atoms with Crippen LogP contribution in [0.2, 0.25) is 0 Å². The summed E-state index contributed by atoms with van der Waals surface area (Å²) < 4.78 is 17.7. The van der Waals surface area contributed by atoms with Crippen LogP contribution in [0.4, 0.5) is 0 Å². The molecule has 0 bridgehead atoms. The van der Waals surface area contributed by atoms with Crippen molar-refractivity contribution in [2.45, 2.75) is 75.6 Å². The molecule has 4 fully saturated rings. The first-order valence-electron chi connectivity index (χ1n) is 16.6. The highest BCUT2D eigenvalue weighted by molar-refractivity contribution is 8.76. The zero-order valence-corrected chi connectivity index (χ0v) is 27.5. The van der Waals surface area contributed by atoms with E-state index in [0.29, 0.717) is 23.5 Å². The largest absolute Gasteiger partial charge is 0.492 e. The van der Waals surface area contributed by atoms with Crippen LogP contribution in [0.5, 0.6) is 0 Å². The lowest BCUT2D eigenvalue weighted by Gasteiger charge is -2.52. The molecular weight excluding hydrogens is 611 g/mol. The number of piperidine rings is 1. The minimum atomic E-state index is -0.658. The molecule has 0 radical (unpaired) electrons. The molecular formula is C35H45NO7S2. The molecule has 244 valence electrons. The van der Waals surface area contributed by atoms with E-state index in [9.17, 15) is 20.1 Å². The third kappa shape index (κ3) is 6.00. The Kier molecular flexibility index (Phi) is 9.60. The highest BCUT2D eigenvalue weighted by Crippen LogP contribution is 2.53. The van der Waals surface area contributed by atoms with Gasteiger partial charge in [-0.3, -0.25) is 4.90 Å². The number of esters is 1. The number of hydrogen-bond acceptors (Lipinski definition) is 10. The number of carbonyl (C=O) groups excluding carboxylic acids is 1. The molecule has 5 heterocycles. The molecule has 1 aliphatic carbocycles. The Morgan fingerprint density at radius 2 is 1.78 bits per heavy atom. The maximum Gasteiger partial charge on any atom is 0.345 e. The number of fused-ring (bicyclic) bond motifs is 3. The number of ether oxygens (including phenoxy) is 3. The van der Waals surface area contributed by atoms with Gasteiger partial charge in [0.15, 0.2) is 11.5 Å². The molecule has 1 aromatic rings. The van der Waals surface area contributed by atoms with Gasteiger partial charge in [0.1, 0.15) is 11.3 Å². The van der Waals surface area contributed by atoms with Crippen LogP contribution in [0.15, 0.2) is 65.0 Å². The summed E-state index contributed by atoms with van der Waals surface area (Å²) in [6.45, 7) is -0.700. The average Bonchev–Trinajstić information content (AvgIpc) is 3.71. The second kappa shape index (κ2) is 13.6. The van der Waals surface area contributed by atoms with Gasteiger partial charge in [0.25, 0.3) is 0 Å². The SMILES string of the molecule is COC1=C(CO)C(=O)OC1=C1OC2=CC[C@@H]3CSSC[C@H]4CCC[C@H]4C[C@H](O)[C@H]4C[C@@H](Cc5ccccc5)C[C@H]([C@@H]2[C@@H]1CO)N34. The first kappa shape index (κ1) is 31.6. The van der Waals surface area contributed by atoms with Crippen molar-refractivity contribution in [3.05, 3.63) is 70.6 Å². The molecule has 0 unspecified atom stereocenters. The minimum Gasteiger partial charge on any atom is -0.492 e. The van der Waals surface area contributed by atoms with Crippen LogP contribution in [0.25, 0.3) is 0 Å². The van der Waals surface area contributed by atoms with Crippen molar-refractivity contribution >= 4 is 27.6 Å². The van der Waals surface area contributed by atoms with Crippen LogP contribution in [0, 0.1) is 29.6 Å². The van der Waals surface area contributed by atoms with Crippen molar-refractivity contribution in [3.63, 3.8) is 0 Å². The van der Waals surface area contributed by atoms with E-state index in [1.54, 1.807) is 0 Å². The van der Waals surface area contributed by atoms with Crippen molar-refractivity contribution in [1.29, 1.82) is 0 Å². The molecule has 45 heavy (non-hydrogen) atoms. The van der Waals surface area contributed by atoms with Gasteiger partial charge in [0.2, 0.25) is 5.76 Å². The molecule has 5 aliphatic heterocycles. The molecule has 7 rings (SSSR count). The lowest BCUT2D eigenvalue weighted by molar-refractivity contribution is -0.134. The van der Waals surface area contributed by atoms with E-state index in [2.05, 4.69) is 41.3 Å². The van der Waals surface area contributed by atoms with Gasteiger partial charge in [-0.15, -0.1) is 0 Å². The molecule has 0 amide bonds. The maximum absolute atomic E-state index is 12.6. The van der Waals surface area contributed by atoms with Gasteiger partial charge in [0, 0.05) is 35.5 Å². The Balaban J connectivity index is 1.29. The predicted octanol–water partition coefficient (Wildman–Crippen LogP) is 4.81. The average molecular weight is 656 g/mol. The third-order valence-corrected chi connectivity index (χ3v) is 13.7. The fourth-order valence-electron chi connectivity index (χ4n) is 9.14. The predicted molar refractivity (Wildman–Crippen MR) is 175 cm³/mol. The Morgan fingerprint density at radius 3 is 2.56 bits per heavy atom. The van der Waals surface area contributed by atoms with Crippen LogP contribution >= 0.6 is 21.6 Å². The Bertz CT molecular complexity index is 1350. The number of aliphatic hydroxyl groups excluding tert-OH is 3. The quantitative estimate of drug-likeness (QED) is 0.302. The maximum atomic E-state index is 12.6. The van der Waals surface area contributed by atoms with Crippen LogP contribution in [-0.4, -0.2) is 82.2 Å². The van der Waals surface area contributed by atoms with E-state index in [-0.39, 0.29) is 47.7 Å². The van der Waals surface area contributed by atoms with E-state index in [4.69, 9.17) is 14.2 Å². The molecule has 1 aromatic carbocycles. The van der Waals surface area contributed by atoms with Gasteiger partial charge in [0.05, 0.1) is 32.3 Å². The number of cyclic esters (lactones) is 1. The van der Waals surface area contributed by atoms with Gasteiger partial charge in [-0.05, 0) is 67.9 Å². The van der Waals surface area contributed by atoms with E-state index in [0.717, 1.165) is 49.4 Å². The molecule has 0 aromatic heterocycles. The fraction of sp³-hybridized carbons (Fsp3) is 0.629. The van der Waals surface area contributed by atoms with Crippen molar-refractivity contribution in [1.82, 2.24) is 4.90 Å². The summed E-state index contributed by atoms with van der Waals surface area (Å²) >= 11 is 0. The first-order chi connectivity index (χ1) is 22.0. The lowest BCUT2D eigenvalue weighted by atomic mass is 9.72. The van der Waals surface area contributed by atoms with E-state index >= 15 is 0 Å². The molecule has 8 nitrogen and oxygen atoms in total. The highest BCUT2D eigenvalue weighted by atomic mass is 33.1. The number of hydrogen-bond donors (Lipinski definition) is 3. The van der Waals surface area contributed by atoms with Gasteiger partial charge in [-0.2, -0.15) is 0 Å². The summed E-state index contributed by atoms with van der Waals surface area (Å²) in [5.74, 6) is 3.93. The fourth-order valence-corrected chi connectivity index (χ4v) is 12.0. The summed E-state index contributed by atoms with van der Waals surface area (Å²) in [4.78, 5) is 15.3. The van der Waals surface area contributed by atoms with Gasteiger partial charge in [-0.25, -0.2) is 4.79 Å². The van der Waals surface area contributed by atoms with Crippen molar-refractivity contribution < 1.29 is 34.3 Å². The van der Waals surface area contributed by atoms with Crippen LogP contribution in [-0.2, 0) is 25.4 Å². The van der Waals surface area contributed by atoms with Gasteiger partial charge in [-0.1, -0.05) is 64.8 Å². The zero-order chi connectivity index (χ0) is 31.1. The van der Waals surface area contributed by atoms with Crippen molar-refractivity contribution in [3.8, 4) is 0 Å². The first-order valence-corrected chi connectivity index (χ1v) is 19.1. The monoisotopic (exact) mass is 655 g/mol. The summed E-state index contributed by atoms with van der Waals surface area (Å²) in [5, 5.41) is 33.0. The summed E-state index contributed by atoms with van der Waals surface area (Å²) in [7, 11) is 5.42. The van der Waals surface area contributed by atoms with Crippen LogP contribution in [0.1, 0.15) is 50.5 Å². The number of nitrogens with zero attached hydrogens (tertiary/aromatic N) is 1. The second-order valence-electron chi connectivity index (χ2n) is 13.6. The van der Waals surface area contributed by atoms with Crippen molar-refractivity contribution in [2.75, 3.05) is 31.8 Å². The number of benzene rings is 1. The summed E-state index contributed by atoms with van der Waals surface area (Å²) in [6.07, 6.45) is 9.90. The van der Waals surface area contributed by atoms with Crippen molar-refractivity contribution in [2.24, 2.45) is 29.6 Å². The second-order valence-corrected chi connectivity index (χ2v) is 16.2. The van der Waals surface area contributed by atoms with E-state index in [1.165, 1.54) is 31.9 Å². The van der Waals surface area contributed by atoms with Crippen LogP contribution < -0.4 is 0 Å². The molecule has 1 saturated carbocycles. The summed E-state index contributed by atoms with van der Waals surface area (Å²) in [5.41, 5.74) is 1.36. The highest BCUT2D eigenvalue weighted by Gasteiger charge is 2.54. The molecule has 9 atom stereocenters. The number of methoxy groups -OCH3 is 1. The number of carbonyl (C=O) groups is 1. The lowest BCUT2D eigenvalue weighted by Crippen LogP contribution is -2.61. The standard InChI is InChI=1S/C35H45NO7S2/c1-41-32-26(17-38)35(40)43-34(32)33-25(16-37)31-28-14-21(12-20-6-3-2-4-7-20)13-27-29(39)15-22-8-5-9-23(22)18-44-45-19-24(36(27)28)10-11-30(31)42-33/h2-4,6-7,11,21-25,27-29,31,37-39H,5,8-10,12-19H2,1H3/t21-,22+,23-,24-,25+,27-,28-,29+,31+/m1/s1. The molecule has 3 saturated heterocycles. The minimum absolute atomic E-state index is 0.0101. The Labute approximate surface area is 273 Å². The van der Waals surface area contributed by atoms with Crippen LogP contribution in [0.3, 0.4) is 0 Å². The van der Waals surface area contributed by atoms with E-state index in [1.807, 2.05) is 21.6 Å². The summed E-state index contributed by atoms with van der Waals surface area (Å²) in [6, 6.07) is 10.9. The molecule has 0 spiro atoms. The normalized spacial score (nSPS) is 38.7. The molecule has 10 heteroatoms. The van der Waals surface area contributed by atoms with Gasteiger partial charge < -0.3 is 29.5 Å². The topological polar surface area (TPSA) is 109 Å². The Hall–Kier alpha value is -1.95. The Morgan fingerprint density at radius 1 is 1.00 bits per heavy atom. The van der Waals surface area contributed by atoms with E-state index < -0.39 is 24.6 Å². The van der Waals surface area contributed by atoms with Gasteiger partial charge >= 0.3 is 5.97 Å².